The first-order valence-electron chi connectivity index (χ1n) is 3.40. The Morgan fingerprint density at radius 1 is 1.00 bits per heavy atom. The Morgan fingerprint density at radius 2 is 1.33 bits per heavy atom. The predicted molar refractivity (Wildman–Crippen MR) is 41.8 cm³/mol. The van der Waals surface area contributed by atoms with Gasteiger partial charge in [-0.25, -0.2) is 0 Å². The van der Waals surface area contributed by atoms with Crippen LogP contribution in [-0.2, 0) is 0 Å². The van der Waals surface area contributed by atoms with Crippen LogP contribution in [0.1, 0.15) is 26.7 Å². The van der Waals surface area contributed by atoms with Crippen LogP contribution in [0.2, 0.25) is 13.9 Å². The molecule has 2 heteroatoms. The molecular weight excluding hydrogens is 339 g/mol. The molecule has 0 atom stereocenters. The summed E-state index contributed by atoms with van der Waals surface area (Å²) in [6, 6.07) is 0. The van der Waals surface area contributed by atoms with Crippen molar-refractivity contribution >= 4 is 19.6 Å². The van der Waals surface area contributed by atoms with Crippen LogP contribution in [0.3, 0.4) is 0 Å². The van der Waals surface area contributed by atoms with Gasteiger partial charge in [0.15, 0.2) is 0 Å². The smallest absolute Gasteiger partial charge is 1.00 e. The summed E-state index contributed by atoms with van der Waals surface area (Å²) in [5.41, 5.74) is 0. The molecule has 58 valence electrons. The molecule has 0 amide bonds. The fourth-order valence-electron chi connectivity index (χ4n) is 0.799. The first-order chi connectivity index (χ1) is 3.81. The Morgan fingerprint density at radius 3 is 1.56 bits per heavy atom. The van der Waals surface area contributed by atoms with E-state index in [0.29, 0.717) is 0 Å². The van der Waals surface area contributed by atoms with Gasteiger partial charge in [-0.1, -0.05) is 0 Å². The molecule has 0 aliphatic rings. The van der Waals surface area contributed by atoms with Crippen LogP contribution in [0.25, 0.3) is 0 Å². The van der Waals surface area contributed by atoms with Crippen molar-refractivity contribution in [1.29, 1.82) is 0 Å². The van der Waals surface area contributed by atoms with E-state index in [4.69, 9.17) is 0 Å². The summed E-state index contributed by atoms with van der Waals surface area (Å²) in [4.78, 5) is 2.51. The van der Waals surface area contributed by atoms with Gasteiger partial charge in [0.2, 0.25) is 0 Å². The minimum atomic E-state index is -0.463. The van der Waals surface area contributed by atoms with Crippen molar-refractivity contribution < 1.29 is 24.0 Å². The van der Waals surface area contributed by atoms with E-state index in [1.807, 2.05) is 0 Å². The largest absolute Gasteiger partial charge is 1.00 e. The molecule has 0 N–H and O–H groups in total. The summed E-state index contributed by atoms with van der Waals surface area (Å²) in [6.07, 6.45) is 2.85. The third kappa shape index (κ3) is 9.52. The Kier molecular flexibility index (Phi) is 13.9. The topological polar surface area (TPSA) is 0 Å². The van der Waals surface area contributed by atoms with Gasteiger partial charge >= 0.3 is 60.1 Å². The van der Waals surface area contributed by atoms with Gasteiger partial charge in [-0.3, -0.25) is 0 Å². The maximum atomic E-state index is 2.51. The maximum Gasteiger partial charge on any atom is -1.00 e. The second kappa shape index (κ2) is 9.52. The van der Waals surface area contributed by atoms with E-state index in [-0.39, 0.29) is 24.0 Å². The van der Waals surface area contributed by atoms with Crippen LogP contribution < -0.4 is 24.0 Å². The Hall–Kier alpha value is 1.52. The molecule has 0 spiro atoms. The molecule has 0 aromatic carbocycles. The van der Waals surface area contributed by atoms with Crippen molar-refractivity contribution in [2.24, 2.45) is 0 Å². The zero-order valence-corrected chi connectivity index (χ0v) is 11.1. The molecule has 0 aromatic heterocycles. The number of rotatable bonds is 4. The van der Waals surface area contributed by atoms with Gasteiger partial charge in [0.1, 0.15) is 0 Å². The third-order valence-corrected chi connectivity index (χ3v) is 7.41. The van der Waals surface area contributed by atoms with Crippen molar-refractivity contribution in [3.05, 3.63) is 0 Å². The van der Waals surface area contributed by atoms with Crippen molar-refractivity contribution in [3.8, 4) is 0 Å². The van der Waals surface area contributed by atoms with Gasteiger partial charge in [0.25, 0.3) is 0 Å². The van der Waals surface area contributed by atoms with Crippen molar-refractivity contribution in [2.45, 2.75) is 40.6 Å². The van der Waals surface area contributed by atoms with Crippen LogP contribution in [0.5, 0.6) is 0 Å². The monoisotopic (exact) mass is 358 g/mol. The number of halogens is 1. The van der Waals surface area contributed by atoms with Gasteiger partial charge in [-0.2, -0.15) is 0 Å². The van der Waals surface area contributed by atoms with Gasteiger partial charge in [-0.15, -0.1) is 0 Å². The average molecular weight is 356 g/mol. The first kappa shape index (κ1) is 13.1. The summed E-state index contributed by atoms with van der Waals surface area (Å²) in [6.45, 7) is 4.60. The van der Waals surface area contributed by atoms with Crippen molar-refractivity contribution in [2.75, 3.05) is 0 Å². The fourth-order valence-corrected chi connectivity index (χ4v) is 5.36. The van der Waals surface area contributed by atoms with E-state index in [2.05, 4.69) is 18.8 Å². The van der Waals surface area contributed by atoms with Crippen molar-refractivity contribution in [3.63, 3.8) is 0 Å². The van der Waals surface area contributed by atoms with E-state index in [1.54, 1.807) is 8.94 Å². The maximum absolute atomic E-state index is 2.51. The quantitative estimate of drug-likeness (QED) is 0.489. The molecule has 0 saturated carbocycles. The van der Waals surface area contributed by atoms with Gasteiger partial charge < -0.3 is 24.0 Å². The van der Waals surface area contributed by atoms with Gasteiger partial charge in [-0.05, 0) is 0 Å². The average Bonchev–Trinajstić information content (AvgIpc) is 1.68. The molecule has 0 radical (unpaired) electrons. The summed E-state index contributed by atoms with van der Waals surface area (Å²) in [5.74, 6) is 0. The summed E-state index contributed by atoms with van der Waals surface area (Å²) in [7, 11) is 0. The number of hydrogen-bond acceptors (Lipinski definition) is 0. The van der Waals surface area contributed by atoms with E-state index in [0.717, 1.165) is 0 Å². The molecule has 0 aliphatic carbocycles. The fraction of sp³-hybridized carbons (Fsp3) is 1.00. The van der Waals surface area contributed by atoms with E-state index < -0.39 is 19.6 Å². The predicted octanol–water partition coefficient (Wildman–Crippen LogP) is -0.0650. The van der Waals surface area contributed by atoms with Gasteiger partial charge in [0.05, 0.1) is 0 Å². The second-order valence-electron chi connectivity index (χ2n) is 2.19. The van der Waals surface area contributed by atoms with Crippen LogP contribution in [-0.4, -0.2) is 19.6 Å². The molecule has 0 nitrogen and oxygen atoms in total. The molecule has 9 heavy (non-hydrogen) atoms. The molecular formula is C7H17ITe. The van der Waals surface area contributed by atoms with E-state index in [1.165, 1.54) is 12.8 Å². The summed E-state index contributed by atoms with van der Waals surface area (Å²) < 4.78 is 3.16. The second-order valence-corrected chi connectivity index (χ2v) is 8.98. The minimum absolute atomic E-state index is 0. The van der Waals surface area contributed by atoms with Crippen LogP contribution in [0.4, 0.5) is 0 Å². The van der Waals surface area contributed by atoms with E-state index in [9.17, 15) is 0 Å². The molecule has 0 aliphatic heterocycles. The van der Waals surface area contributed by atoms with Crippen LogP contribution in [0, 0.1) is 0 Å². The zero-order chi connectivity index (χ0) is 6.41. The molecule has 0 aromatic rings. The molecule has 0 rings (SSSR count). The SMILES string of the molecule is CCC[Te+](C)CCC.[I-]. The standard InChI is InChI=1S/C7H17Te.HI/c1-4-6-8(3)7-5-2;/h4-7H2,1-3H3;1H/q+1;/p-1. The summed E-state index contributed by atoms with van der Waals surface area (Å²) in [5, 5.41) is 0. The Labute approximate surface area is 83.5 Å². The zero-order valence-electron chi connectivity index (χ0n) is 6.61. The normalized spacial score (nSPS) is 9.33. The number of hydrogen-bond donors (Lipinski definition) is 0. The Bertz CT molecular complexity index is 42.2. The molecule has 0 fully saturated rings. The van der Waals surface area contributed by atoms with Gasteiger partial charge in [0, 0.05) is 0 Å². The van der Waals surface area contributed by atoms with Crippen LogP contribution in [0.15, 0.2) is 0 Å². The Balaban J connectivity index is 0. The molecule has 0 bridgehead atoms. The molecule has 0 heterocycles. The van der Waals surface area contributed by atoms with E-state index >= 15 is 0 Å². The van der Waals surface area contributed by atoms with Crippen molar-refractivity contribution in [1.82, 2.24) is 0 Å². The van der Waals surface area contributed by atoms with Crippen LogP contribution >= 0.6 is 0 Å². The molecule has 0 saturated heterocycles. The summed E-state index contributed by atoms with van der Waals surface area (Å²) >= 11 is -0.463. The third-order valence-electron chi connectivity index (χ3n) is 1.11. The molecule has 0 unspecified atom stereocenters. The first-order valence-corrected chi connectivity index (χ1v) is 9.03. The minimum Gasteiger partial charge on any atom is -1.00 e.